The van der Waals surface area contributed by atoms with Gasteiger partial charge in [0, 0.05) is 6.20 Å². The molecule has 0 aliphatic carbocycles. The number of nitrogens with one attached hydrogen (secondary N) is 1. The minimum atomic E-state index is 0.308. The summed E-state index contributed by atoms with van der Waals surface area (Å²) in [4.78, 5) is 12.6. The van der Waals surface area contributed by atoms with Crippen molar-refractivity contribution in [2.45, 2.75) is 26.7 Å². The number of ether oxygens (including phenoxy) is 1. The third-order valence-electron chi connectivity index (χ3n) is 3.77. The third kappa shape index (κ3) is 4.03. The van der Waals surface area contributed by atoms with Gasteiger partial charge in [-0.05, 0) is 48.2 Å². The van der Waals surface area contributed by atoms with Gasteiger partial charge in [-0.15, -0.1) is 0 Å². The maximum absolute atomic E-state index is 6.15. The molecule has 6 heteroatoms. The van der Waals surface area contributed by atoms with Crippen molar-refractivity contribution < 1.29 is 4.74 Å². The number of nitrogens with two attached hydrogens (primary N) is 1. The van der Waals surface area contributed by atoms with Gasteiger partial charge in [0.05, 0.1) is 0 Å². The topological polar surface area (TPSA) is 86.0 Å². The van der Waals surface area contributed by atoms with Gasteiger partial charge in [0.15, 0.2) is 5.82 Å². The number of aryl methyl sites for hydroxylation is 1. The lowest BCUT2D eigenvalue weighted by Gasteiger charge is -2.12. The van der Waals surface area contributed by atoms with Crippen molar-refractivity contribution in [1.29, 1.82) is 0 Å². The second kappa shape index (κ2) is 7.17. The van der Waals surface area contributed by atoms with Gasteiger partial charge < -0.3 is 15.8 Å². The molecule has 128 valence electrons. The first-order valence-corrected chi connectivity index (χ1v) is 8.11. The molecule has 0 unspecified atom stereocenters. The molecule has 0 atom stereocenters. The summed E-state index contributed by atoms with van der Waals surface area (Å²) in [6, 6.07) is 11.7. The van der Waals surface area contributed by atoms with Gasteiger partial charge in [0.1, 0.15) is 23.6 Å². The van der Waals surface area contributed by atoms with E-state index in [0.717, 1.165) is 5.56 Å². The van der Waals surface area contributed by atoms with Crippen LogP contribution in [-0.4, -0.2) is 15.0 Å². The van der Waals surface area contributed by atoms with E-state index in [0.29, 0.717) is 34.9 Å². The molecule has 0 aliphatic rings. The fourth-order valence-corrected chi connectivity index (χ4v) is 2.32. The van der Waals surface area contributed by atoms with Crippen LogP contribution >= 0.6 is 0 Å². The molecule has 0 spiro atoms. The fraction of sp³-hybridized carbons (Fsp3) is 0.211. The zero-order valence-electron chi connectivity index (χ0n) is 14.5. The highest BCUT2D eigenvalue weighted by Gasteiger charge is 2.11. The summed E-state index contributed by atoms with van der Waals surface area (Å²) in [6.07, 6.45) is 3.13. The van der Waals surface area contributed by atoms with Crippen LogP contribution in [0.2, 0.25) is 0 Å². The second-order valence-electron chi connectivity index (χ2n) is 6.11. The van der Waals surface area contributed by atoms with Gasteiger partial charge >= 0.3 is 0 Å². The smallest absolute Gasteiger partial charge is 0.248 e. The van der Waals surface area contributed by atoms with E-state index in [1.807, 2.05) is 43.3 Å². The van der Waals surface area contributed by atoms with E-state index in [-0.39, 0.29) is 0 Å². The number of hydrogen-bond acceptors (Lipinski definition) is 6. The maximum atomic E-state index is 6.15. The SMILES string of the molecule is Cc1ccnc(Nc2ncnc(Oc3ccc(C(C)C)cc3)c2N)c1. The van der Waals surface area contributed by atoms with Crippen LogP contribution in [0.15, 0.2) is 48.9 Å². The minimum Gasteiger partial charge on any atom is -0.437 e. The number of aromatic nitrogens is 3. The quantitative estimate of drug-likeness (QED) is 0.718. The second-order valence-corrected chi connectivity index (χ2v) is 6.11. The summed E-state index contributed by atoms with van der Waals surface area (Å²) in [6.45, 7) is 6.29. The lowest BCUT2D eigenvalue weighted by atomic mass is 10.0. The highest BCUT2D eigenvalue weighted by Crippen LogP contribution is 2.31. The molecule has 25 heavy (non-hydrogen) atoms. The van der Waals surface area contributed by atoms with Crippen LogP contribution in [-0.2, 0) is 0 Å². The molecule has 0 radical (unpaired) electrons. The van der Waals surface area contributed by atoms with Gasteiger partial charge in [0.2, 0.25) is 5.88 Å². The summed E-state index contributed by atoms with van der Waals surface area (Å²) in [7, 11) is 0. The number of hydrogen-bond donors (Lipinski definition) is 2. The first kappa shape index (κ1) is 16.7. The average molecular weight is 335 g/mol. The van der Waals surface area contributed by atoms with E-state index in [4.69, 9.17) is 10.5 Å². The molecular formula is C19H21N5O. The zero-order chi connectivity index (χ0) is 17.8. The Balaban J connectivity index is 1.81. The Labute approximate surface area is 147 Å². The summed E-state index contributed by atoms with van der Waals surface area (Å²) in [5.41, 5.74) is 8.82. The van der Waals surface area contributed by atoms with Crippen molar-refractivity contribution >= 4 is 17.3 Å². The molecule has 6 nitrogen and oxygen atoms in total. The summed E-state index contributed by atoms with van der Waals surface area (Å²) < 4.78 is 5.81. The normalized spacial score (nSPS) is 10.7. The molecule has 0 saturated carbocycles. The number of rotatable bonds is 5. The van der Waals surface area contributed by atoms with Gasteiger partial charge in [-0.2, -0.15) is 4.98 Å². The molecule has 0 aliphatic heterocycles. The lowest BCUT2D eigenvalue weighted by Crippen LogP contribution is -2.04. The first-order chi connectivity index (χ1) is 12.0. The fourth-order valence-electron chi connectivity index (χ4n) is 2.32. The van der Waals surface area contributed by atoms with Crippen LogP contribution in [0.5, 0.6) is 11.6 Å². The Hall–Kier alpha value is -3.15. The predicted octanol–water partition coefficient (Wildman–Crippen LogP) is 4.42. The van der Waals surface area contributed by atoms with Gasteiger partial charge in [-0.25, -0.2) is 9.97 Å². The van der Waals surface area contributed by atoms with Crippen molar-refractivity contribution in [3.63, 3.8) is 0 Å². The molecule has 2 aromatic heterocycles. The van der Waals surface area contributed by atoms with E-state index in [9.17, 15) is 0 Å². The summed E-state index contributed by atoms with van der Waals surface area (Å²) >= 11 is 0. The van der Waals surface area contributed by atoms with Gasteiger partial charge in [-0.1, -0.05) is 26.0 Å². The van der Waals surface area contributed by atoms with Crippen LogP contribution in [0.1, 0.15) is 30.9 Å². The molecule has 3 N–H and O–H groups in total. The molecule has 1 aromatic carbocycles. The van der Waals surface area contributed by atoms with E-state index in [1.54, 1.807) is 6.20 Å². The van der Waals surface area contributed by atoms with Crippen molar-refractivity contribution in [2.75, 3.05) is 11.1 Å². The lowest BCUT2D eigenvalue weighted by molar-refractivity contribution is 0.464. The predicted molar refractivity (Wildman–Crippen MR) is 99.3 cm³/mol. The van der Waals surface area contributed by atoms with E-state index in [2.05, 4.69) is 34.1 Å². The van der Waals surface area contributed by atoms with Crippen LogP contribution in [0.4, 0.5) is 17.3 Å². The van der Waals surface area contributed by atoms with Crippen LogP contribution in [0.3, 0.4) is 0 Å². The van der Waals surface area contributed by atoms with Gasteiger partial charge in [-0.3, -0.25) is 0 Å². The molecule has 3 rings (SSSR count). The van der Waals surface area contributed by atoms with Crippen molar-refractivity contribution in [1.82, 2.24) is 15.0 Å². The largest absolute Gasteiger partial charge is 0.437 e. The third-order valence-corrected chi connectivity index (χ3v) is 3.77. The highest BCUT2D eigenvalue weighted by molar-refractivity contribution is 5.71. The summed E-state index contributed by atoms with van der Waals surface area (Å²) in [5.74, 6) is 2.58. The van der Waals surface area contributed by atoms with Crippen LogP contribution < -0.4 is 15.8 Å². The number of benzene rings is 1. The van der Waals surface area contributed by atoms with Crippen molar-refractivity contribution in [3.05, 3.63) is 60.0 Å². The molecule has 0 saturated heterocycles. The average Bonchev–Trinajstić information content (AvgIpc) is 2.59. The molecule has 0 amide bonds. The van der Waals surface area contributed by atoms with E-state index < -0.39 is 0 Å². The summed E-state index contributed by atoms with van der Waals surface area (Å²) in [5, 5.41) is 3.10. The Morgan fingerprint density at radius 2 is 1.80 bits per heavy atom. The zero-order valence-corrected chi connectivity index (χ0v) is 14.5. The molecule has 0 bridgehead atoms. The van der Waals surface area contributed by atoms with Gasteiger partial charge in [0.25, 0.3) is 0 Å². The molecular weight excluding hydrogens is 314 g/mol. The Bertz CT molecular complexity index is 862. The minimum absolute atomic E-state index is 0.308. The number of nitrogen functional groups attached to an aromatic ring is 1. The Morgan fingerprint density at radius 1 is 1.04 bits per heavy atom. The van der Waals surface area contributed by atoms with Crippen molar-refractivity contribution in [2.24, 2.45) is 0 Å². The monoisotopic (exact) mass is 335 g/mol. The van der Waals surface area contributed by atoms with Crippen LogP contribution in [0, 0.1) is 6.92 Å². The standard InChI is InChI=1S/C19H21N5O/c1-12(2)14-4-6-15(7-5-14)25-19-17(20)18(22-11-23-19)24-16-10-13(3)8-9-21-16/h4-12H,20H2,1-3H3,(H,21,22,23,24). The number of pyridine rings is 1. The number of nitrogens with zero attached hydrogens (tertiary/aromatic N) is 3. The Kier molecular flexibility index (Phi) is 4.79. The highest BCUT2D eigenvalue weighted by atomic mass is 16.5. The molecule has 3 aromatic rings. The molecule has 2 heterocycles. The van der Waals surface area contributed by atoms with E-state index in [1.165, 1.54) is 11.9 Å². The molecule has 0 fully saturated rings. The van der Waals surface area contributed by atoms with Crippen LogP contribution in [0.25, 0.3) is 0 Å². The Morgan fingerprint density at radius 3 is 2.48 bits per heavy atom. The van der Waals surface area contributed by atoms with E-state index >= 15 is 0 Å². The van der Waals surface area contributed by atoms with Crippen molar-refractivity contribution in [3.8, 4) is 11.6 Å². The number of anilines is 3. The first-order valence-electron chi connectivity index (χ1n) is 8.11. The maximum Gasteiger partial charge on any atom is 0.248 e.